The molecule has 0 aromatic carbocycles. The van der Waals surface area contributed by atoms with Crippen LogP contribution in [0.2, 0.25) is 0 Å². The zero-order chi connectivity index (χ0) is 13.2. The Kier molecular flexibility index (Phi) is 3.65. The van der Waals surface area contributed by atoms with Crippen LogP contribution in [-0.2, 0) is 23.0 Å². The summed E-state index contributed by atoms with van der Waals surface area (Å²) in [5, 5.41) is 7.93. The zero-order valence-corrected chi connectivity index (χ0v) is 10.9. The Morgan fingerprint density at radius 3 is 2.83 bits per heavy atom. The molecule has 2 rings (SSSR count). The van der Waals surface area contributed by atoms with E-state index >= 15 is 0 Å². The lowest BCUT2D eigenvalue weighted by molar-refractivity contribution is -0.153. The summed E-state index contributed by atoms with van der Waals surface area (Å²) in [5.41, 5.74) is 6.00. The van der Waals surface area contributed by atoms with E-state index in [1.54, 1.807) is 11.7 Å². The normalized spacial score (nSPS) is 18.4. The van der Waals surface area contributed by atoms with Crippen molar-refractivity contribution < 1.29 is 9.53 Å². The molecular weight excluding hydrogens is 232 g/mol. The fraction of sp³-hybridized carbons (Fsp3) is 0.750. The van der Waals surface area contributed by atoms with Crippen LogP contribution in [0.1, 0.15) is 25.0 Å². The number of aryl methyl sites for hydroxylation is 1. The smallest absolute Gasteiger partial charge is 0.313 e. The molecule has 1 aliphatic rings. The molecule has 0 bridgehead atoms. The zero-order valence-electron chi connectivity index (χ0n) is 10.9. The van der Waals surface area contributed by atoms with Crippen molar-refractivity contribution in [2.45, 2.75) is 25.7 Å². The lowest BCUT2D eigenvalue weighted by atomic mass is 9.78. The average Bonchev–Trinajstić information content (AvgIpc) is 3.09. The van der Waals surface area contributed by atoms with Crippen molar-refractivity contribution in [1.82, 2.24) is 15.0 Å². The van der Waals surface area contributed by atoms with Crippen molar-refractivity contribution in [3.8, 4) is 0 Å². The van der Waals surface area contributed by atoms with Gasteiger partial charge in [-0.3, -0.25) is 9.48 Å². The lowest BCUT2D eigenvalue weighted by Crippen LogP contribution is -2.42. The van der Waals surface area contributed by atoms with Gasteiger partial charge in [-0.1, -0.05) is 18.1 Å². The first kappa shape index (κ1) is 13.0. The number of ether oxygens (including phenoxy) is 1. The second-order valence-corrected chi connectivity index (χ2v) is 5.18. The Hall–Kier alpha value is -1.43. The quantitative estimate of drug-likeness (QED) is 0.735. The van der Waals surface area contributed by atoms with Gasteiger partial charge in [-0.2, -0.15) is 0 Å². The third-order valence-corrected chi connectivity index (χ3v) is 3.56. The van der Waals surface area contributed by atoms with Gasteiger partial charge in [0.15, 0.2) is 0 Å². The van der Waals surface area contributed by atoms with Crippen molar-refractivity contribution in [2.24, 2.45) is 24.1 Å². The molecule has 1 fully saturated rings. The fourth-order valence-electron chi connectivity index (χ4n) is 2.38. The van der Waals surface area contributed by atoms with Crippen molar-refractivity contribution >= 4 is 5.97 Å². The van der Waals surface area contributed by atoms with Gasteiger partial charge >= 0.3 is 5.97 Å². The summed E-state index contributed by atoms with van der Waals surface area (Å²) in [4.78, 5) is 12.1. The number of esters is 1. The number of carbonyl (C=O) groups excluding carboxylic acids is 1. The van der Waals surface area contributed by atoms with Crippen LogP contribution in [0.3, 0.4) is 0 Å². The number of aromatic nitrogens is 3. The highest BCUT2D eigenvalue weighted by Crippen LogP contribution is 2.42. The van der Waals surface area contributed by atoms with Crippen LogP contribution in [0.4, 0.5) is 0 Å². The van der Waals surface area contributed by atoms with Crippen LogP contribution in [0, 0.1) is 11.3 Å². The Morgan fingerprint density at radius 1 is 1.67 bits per heavy atom. The van der Waals surface area contributed by atoms with Gasteiger partial charge < -0.3 is 10.5 Å². The van der Waals surface area contributed by atoms with E-state index in [0.29, 0.717) is 12.3 Å². The molecule has 0 saturated heterocycles. The monoisotopic (exact) mass is 252 g/mol. The van der Waals surface area contributed by atoms with Crippen LogP contribution in [0.15, 0.2) is 6.20 Å². The minimum absolute atomic E-state index is 0.234. The van der Waals surface area contributed by atoms with Crippen LogP contribution >= 0.6 is 0 Å². The molecule has 1 aromatic rings. The fourth-order valence-corrected chi connectivity index (χ4v) is 2.38. The lowest BCUT2D eigenvalue weighted by Gasteiger charge is -2.28. The summed E-state index contributed by atoms with van der Waals surface area (Å²) in [6.45, 7) is 0.284. The van der Waals surface area contributed by atoms with Gasteiger partial charge in [0.1, 0.15) is 0 Å². The maximum atomic E-state index is 12.1. The third kappa shape index (κ3) is 2.69. The van der Waals surface area contributed by atoms with E-state index in [0.717, 1.165) is 12.1 Å². The van der Waals surface area contributed by atoms with E-state index < -0.39 is 5.41 Å². The van der Waals surface area contributed by atoms with Gasteiger partial charge in [-0.25, -0.2) is 0 Å². The Morgan fingerprint density at radius 2 is 2.39 bits per heavy atom. The van der Waals surface area contributed by atoms with Gasteiger partial charge in [0.2, 0.25) is 0 Å². The van der Waals surface area contributed by atoms with Crippen LogP contribution in [0.5, 0.6) is 0 Å². The first-order valence-corrected chi connectivity index (χ1v) is 6.23. The Labute approximate surface area is 106 Å². The number of nitrogens with two attached hydrogens (primary N) is 1. The summed E-state index contributed by atoms with van der Waals surface area (Å²) in [6, 6.07) is 0. The topological polar surface area (TPSA) is 83.0 Å². The highest BCUT2D eigenvalue weighted by molar-refractivity contribution is 5.77. The molecular formula is C12H20N4O2. The molecule has 18 heavy (non-hydrogen) atoms. The molecule has 0 radical (unpaired) electrons. The van der Waals surface area contributed by atoms with E-state index in [2.05, 4.69) is 10.3 Å². The van der Waals surface area contributed by atoms with Crippen LogP contribution in [0.25, 0.3) is 0 Å². The van der Waals surface area contributed by atoms with E-state index in [9.17, 15) is 4.79 Å². The SMILES string of the molecule is COC(=O)C(CN)(Cc1cn(C)nn1)CC1CC1. The second-order valence-electron chi connectivity index (χ2n) is 5.18. The van der Waals surface area contributed by atoms with Crippen molar-refractivity contribution in [1.29, 1.82) is 0 Å². The minimum Gasteiger partial charge on any atom is -0.469 e. The van der Waals surface area contributed by atoms with Gasteiger partial charge in [0, 0.05) is 26.2 Å². The molecule has 1 saturated carbocycles. The number of methoxy groups -OCH3 is 1. The van der Waals surface area contributed by atoms with Crippen molar-refractivity contribution in [3.63, 3.8) is 0 Å². The van der Waals surface area contributed by atoms with E-state index in [-0.39, 0.29) is 12.5 Å². The van der Waals surface area contributed by atoms with Gasteiger partial charge in [-0.15, -0.1) is 5.10 Å². The number of hydrogen-bond donors (Lipinski definition) is 1. The molecule has 0 amide bonds. The van der Waals surface area contributed by atoms with Crippen LogP contribution in [-0.4, -0.2) is 34.6 Å². The third-order valence-electron chi connectivity index (χ3n) is 3.56. The maximum absolute atomic E-state index is 12.1. The Bertz CT molecular complexity index is 427. The summed E-state index contributed by atoms with van der Waals surface area (Å²) in [5.74, 6) is 0.367. The molecule has 1 heterocycles. The molecule has 0 spiro atoms. The maximum Gasteiger partial charge on any atom is 0.313 e. The highest BCUT2D eigenvalue weighted by Gasteiger charge is 2.43. The molecule has 6 heteroatoms. The molecule has 2 N–H and O–H groups in total. The number of rotatable bonds is 6. The molecule has 1 aliphatic carbocycles. The number of hydrogen-bond acceptors (Lipinski definition) is 5. The summed E-state index contributed by atoms with van der Waals surface area (Å²) < 4.78 is 6.57. The molecule has 1 aromatic heterocycles. The van der Waals surface area contributed by atoms with E-state index in [1.165, 1.54) is 20.0 Å². The predicted molar refractivity (Wildman–Crippen MR) is 65.6 cm³/mol. The standard InChI is InChI=1S/C12H20N4O2/c1-16-7-10(14-15-16)6-12(8-13,11(17)18-2)5-9-3-4-9/h7,9H,3-6,8,13H2,1-2H3. The minimum atomic E-state index is -0.647. The highest BCUT2D eigenvalue weighted by atomic mass is 16.5. The summed E-state index contributed by atoms with van der Waals surface area (Å²) >= 11 is 0. The first-order valence-electron chi connectivity index (χ1n) is 6.23. The second kappa shape index (κ2) is 5.06. The molecule has 0 aliphatic heterocycles. The molecule has 6 nitrogen and oxygen atoms in total. The van der Waals surface area contributed by atoms with E-state index in [4.69, 9.17) is 10.5 Å². The molecule has 1 unspecified atom stereocenters. The molecule has 1 atom stereocenters. The summed E-state index contributed by atoms with van der Waals surface area (Å²) in [6.07, 6.45) is 5.46. The largest absolute Gasteiger partial charge is 0.469 e. The first-order chi connectivity index (χ1) is 8.59. The number of carbonyl (C=O) groups is 1. The van der Waals surface area contributed by atoms with Crippen molar-refractivity contribution in [2.75, 3.05) is 13.7 Å². The van der Waals surface area contributed by atoms with Gasteiger partial charge in [-0.05, 0) is 12.3 Å². The van der Waals surface area contributed by atoms with Crippen molar-refractivity contribution in [3.05, 3.63) is 11.9 Å². The summed E-state index contributed by atoms with van der Waals surface area (Å²) in [7, 11) is 3.22. The van der Waals surface area contributed by atoms with E-state index in [1.807, 2.05) is 6.20 Å². The molecule has 100 valence electrons. The van der Waals surface area contributed by atoms with Gasteiger partial charge in [0.05, 0.1) is 18.2 Å². The predicted octanol–water partition coefficient (Wildman–Crippen LogP) is 0.276. The van der Waals surface area contributed by atoms with Crippen LogP contribution < -0.4 is 5.73 Å². The number of nitrogens with zero attached hydrogens (tertiary/aromatic N) is 3. The average molecular weight is 252 g/mol. The Balaban J connectivity index is 2.18. The van der Waals surface area contributed by atoms with Gasteiger partial charge in [0.25, 0.3) is 0 Å².